The molecule has 0 aliphatic carbocycles. The van der Waals surface area contributed by atoms with Crippen LogP contribution in [0, 0.1) is 0 Å². The van der Waals surface area contributed by atoms with Crippen molar-refractivity contribution < 1.29 is 4.79 Å². The zero-order valence-electron chi connectivity index (χ0n) is 14.6. The number of H-pyrrole nitrogens is 1. The number of likely N-dealkylation sites (tertiary alicyclic amines) is 1. The van der Waals surface area contributed by atoms with Crippen LogP contribution in [0.1, 0.15) is 6.04 Å². The quantitative estimate of drug-likeness (QED) is 0.551. The fourth-order valence-corrected chi connectivity index (χ4v) is 3.75. The molecule has 4 heterocycles. The number of benzene rings is 1. The normalized spacial score (nSPS) is 14.6. The van der Waals surface area contributed by atoms with E-state index >= 15 is 0 Å². The van der Waals surface area contributed by atoms with E-state index in [-0.39, 0.29) is 11.9 Å². The predicted molar refractivity (Wildman–Crippen MR) is 105 cm³/mol. The van der Waals surface area contributed by atoms with Crippen LogP contribution >= 0.6 is 0 Å². The summed E-state index contributed by atoms with van der Waals surface area (Å²) < 4.78 is 2.10. The highest BCUT2D eigenvalue weighted by atomic mass is 16.2. The van der Waals surface area contributed by atoms with Crippen LogP contribution in [-0.2, 0) is 4.79 Å². The molecule has 7 nitrogen and oxygen atoms in total. The molecule has 4 aromatic rings. The van der Waals surface area contributed by atoms with Gasteiger partial charge in [-0.1, -0.05) is 24.8 Å². The molecule has 134 valence electrons. The van der Waals surface area contributed by atoms with Crippen molar-refractivity contribution in [1.29, 1.82) is 0 Å². The Morgan fingerprint density at radius 2 is 2.11 bits per heavy atom. The Hall–Kier alpha value is -3.61. The number of nitrogens with zero attached hydrogens (tertiary/aromatic N) is 4. The molecule has 7 heteroatoms. The molecular weight excluding hydrogens is 340 g/mol. The van der Waals surface area contributed by atoms with Crippen molar-refractivity contribution in [3.63, 3.8) is 0 Å². The van der Waals surface area contributed by atoms with E-state index < -0.39 is 0 Å². The minimum Gasteiger partial charge on any atom is -0.383 e. The van der Waals surface area contributed by atoms with Crippen molar-refractivity contribution in [2.75, 3.05) is 18.8 Å². The number of amides is 1. The van der Waals surface area contributed by atoms with Crippen molar-refractivity contribution in [3.8, 4) is 11.3 Å². The number of anilines is 1. The molecule has 3 N–H and O–H groups in total. The van der Waals surface area contributed by atoms with Gasteiger partial charge in [-0.2, -0.15) is 0 Å². The number of aromatic nitrogens is 4. The van der Waals surface area contributed by atoms with E-state index in [4.69, 9.17) is 5.73 Å². The Kier molecular flexibility index (Phi) is 3.30. The second-order valence-corrected chi connectivity index (χ2v) is 6.78. The number of carbonyl (C=O) groups is 1. The standard InChI is InChI=1S/C20H18N6O/c1-2-17(27)25-8-13(9-25)26-10-14(18-19(21)22-11-23-20(18)26)16-7-12-5-3-4-6-15(12)24-16/h2-7,10-11,13,24H,1,8-9H2,(H2,21,22,23). The molecule has 27 heavy (non-hydrogen) atoms. The summed E-state index contributed by atoms with van der Waals surface area (Å²) in [5, 5.41) is 1.97. The summed E-state index contributed by atoms with van der Waals surface area (Å²) in [4.78, 5) is 25.6. The molecule has 1 aromatic carbocycles. The lowest BCUT2D eigenvalue weighted by Crippen LogP contribution is -2.50. The third-order valence-corrected chi connectivity index (χ3v) is 5.20. The van der Waals surface area contributed by atoms with Crippen LogP contribution in [0.4, 0.5) is 5.82 Å². The Balaban J connectivity index is 1.63. The lowest BCUT2D eigenvalue weighted by atomic mass is 10.1. The van der Waals surface area contributed by atoms with Gasteiger partial charge in [-0.05, 0) is 18.2 Å². The molecule has 0 saturated carbocycles. The van der Waals surface area contributed by atoms with Crippen LogP contribution in [-0.4, -0.2) is 43.4 Å². The smallest absolute Gasteiger partial charge is 0.246 e. The van der Waals surface area contributed by atoms with E-state index in [0.717, 1.165) is 33.2 Å². The number of hydrogen-bond acceptors (Lipinski definition) is 4. The minimum absolute atomic E-state index is 0.0484. The maximum absolute atomic E-state index is 11.8. The summed E-state index contributed by atoms with van der Waals surface area (Å²) >= 11 is 0. The molecule has 5 rings (SSSR count). The van der Waals surface area contributed by atoms with Crippen molar-refractivity contribution >= 4 is 33.7 Å². The number of hydrogen-bond donors (Lipinski definition) is 2. The fourth-order valence-electron chi connectivity index (χ4n) is 3.75. The molecule has 0 unspecified atom stereocenters. The Bertz CT molecular complexity index is 1160. The minimum atomic E-state index is -0.0484. The number of nitrogens with two attached hydrogens (primary N) is 1. The van der Waals surface area contributed by atoms with Gasteiger partial charge >= 0.3 is 0 Å². The number of aromatic amines is 1. The van der Waals surface area contributed by atoms with Crippen LogP contribution in [0.5, 0.6) is 0 Å². The van der Waals surface area contributed by atoms with E-state index in [1.165, 1.54) is 12.4 Å². The monoisotopic (exact) mass is 358 g/mol. The molecule has 1 fully saturated rings. The lowest BCUT2D eigenvalue weighted by Gasteiger charge is -2.39. The van der Waals surface area contributed by atoms with Crippen molar-refractivity contribution in [2.45, 2.75) is 6.04 Å². The predicted octanol–water partition coefficient (Wildman–Crippen LogP) is 2.73. The molecule has 0 bridgehead atoms. The van der Waals surface area contributed by atoms with Gasteiger partial charge in [0.25, 0.3) is 0 Å². The van der Waals surface area contributed by atoms with Crippen molar-refractivity contribution in [1.82, 2.24) is 24.4 Å². The highest BCUT2D eigenvalue weighted by molar-refractivity contribution is 6.02. The molecule has 1 aliphatic heterocycles. The summed E-state index contributed by atoms with van der Waals surface area (Å²) in [6.45, 7) is 4.81. The highest BCUT2D eigenvalue weighted by Gasteiger charge is 2.32. The largest absolute Gasteiger partial charge is 0.383 e. The SMILES string of the molecule is C=CC(=O)N1CC(n2cc(-c3cc4ccccc4[nH]3)c3c(N)ncnc32)C1. The number of nitrogens with one attached hydrogen (secondary N) is 1. The fraction of sp³-hybridized carbons (Fsp3) is 0.150. The van der Waals surface area contributed by atoms with E-state index in [2.05, 4.69) is 44.4 Å². The van der Waals surface area contributed by atoms with Crippen molar-refractivity contribution in [2.24, 2.45) is 0 Å². The van der Waals surface area contributed by atoms with Gasteiger partial charge < -0.3 is 20.2 Å². The molecule has 1 aliphatic rings. The third kappa shape index (κ3) is 2.32. The lowest BCUT2D eigenvalue weighted by molar-refractivity contribution is -0.131. The van der Waals surface area contributed by atoms with Gasteiger partial charge in [0, 0.05) is 41.4 Å². The second-order valence-electron chi connectivity index (χ2n) is 6.78. The first-order chi connectivity index (χ1) is 13.2. The van der Waals surface area contributed by atoms with E-state index in [1.54, 1.807) is 4.90 Å². The Labute approximate surface area is 155 Å². The van der Waals surface area contributed by atoms with Crippen LogP contribution < -0.4 is 5.73 Å². The number of nitrogen functional groups attached to an aromatic ring is 1. The summed E-state index contributed by atoms with van der Waals surface area (Å²) in [7, 11) is 0. The topological polar surface area (TPSA) is 92.8 Å². The molecule has 1 saturated heterocycles. The van der Waals surface area contributed by atoms with Gasteiger partial charge in [-0.3, -0.25) is 4.79 Å². The van der Waals surface area contributed by atoms with Gasteiger partial charge in [0.1, 0.15) is 17.8 Å². The molecular formula is C20H18N6O. The number of rotatable bonds is 3. The summed E-state index contributed by atoms with van der Waals surface area (Å²) in [6.07, 6.45) is 4.88. The van der Waals surface area contributed by atoms with Gasteiger partial charge in [0.05, 0.1) is 11.4 Å². The molecule has 0 atom stereocenters. The van der Waals surface area contributed by atoms with Crippen LogP contribution in [0.2, 0.25) is 0 Å². The number of para-hydroxylation sites is 1. The maximum atomic E-state index is 11.8. The molecule has 0 spiro atoms. The molecule has 1 amide bonds. The first kappa shape index (κ1) is 15.6. The third-order valence-electron chi connectivity index (χ3n) is 5.20. The maximum Gasteiger partial charge on any atom is 0.246 e. The second kappa shape index (κ2) is 5.70. The molecule has 3 aromatic heterocycles. The summed E-state index contributed by atoms with van der Waals surface area (Å²) in [6, 6.07) is 10.4. The number of carbonyl (C=O) groups excluding carboxylic acids is 1. The van der Waals surface area contributed by atoms with E-state index in [0.29, 0.717) is 18.9 Å². The van der Waals surface area contributed by atoms with Crippen molar-refractivity contribution in [3.05, 3.63) is 55.5 Å². The summed E-state index contributed by atoms with van der Waals surface area (Å²) in [5.74, 6) is 0.401. The van der Waals surface area contributed by atoms with Crippen LogP contribution in [0.15, 0.2) is 55.5 Å². The van der Waals surface area contributed by atoms with Crippen LogP contribution in [0.25, 0.3) is 33.2 Å². The van der Waals surface area contributed by atoms with Crippen LogP contribution in [0.3, 0.4) is 0 Å². The Morgan fingerprint density at radius 3 is 2.89 bits per heavy atom. The van der Waals surface area contributed by atoms with E-state index in [9.17, 15) is 4.79 Å². The number of fused-ring (bicyclic) bond motifs is 2. The average molecular weight is 358 g/mol. The molecule has 0 radical (unpaired) electrons. The van der Waals surface area contributed by atoms with E-state index in [1.807, 2.05) is 18.2 Å². The first-order valence-corrected chi connectivity index (χ1v) is 8.76. The zero-order valence-corrected chi connectivity index (χ0v) is 14.6. The first-order valence-electron chi connectivity index (χ1n) is 8.76. The Morgan fingerprint density at radius 1 is 1.30 bits per heavy atom. The average Bonchev–Trinajstić information content (AvgIpc) is 3.23. The van der Waals surface area contributed by atoms with Gasteiger partial charge in [0.2, 0.25) is 5.91 Å². The zero-order chi connectivity index (χ0) is 18.5. The van der Waals surface area contributed by atoms with Gasteiger partial charge in [-0.15, -0.1) is 0 Å². The summed E-state index contributed by atoms with van der Waals surface area (Å²) in [5.41, 5.74) is 9.99. The highest BCUT2D eigenvalue weighted by Crippen LogP contribution is 2.36. The van der Waals surface area contributed by atoms with Gasteiger partial charge in [-0.25, -0.2) is 9.97 Å². The van der Waals surface area contributed by atoms with Gasteiger partial charge in [0.15, 0.2) is 0 Å².